The van der Waals surface area contributed by atoms with Gasteiger partial charge >= 0.3 is 0 Å². The number of aliphatic hydroxyl groups is 1. The van der Waals surface area contributed by atoms with Crippen molar-refractivity contribution in [2.45, 2.75) is 26.4 Å². The van der Waals surface area contributed by atoms with Crippen molar-refractivity contribution < 1.29 is 9.52 Å². The summed E-state index contributed by atoms with van der Waals surface area (Å²) in [6.07, 6.45) is 0. The minimum absolute atomic E-state index is 0.162. The quantitative estimate of drug-likeness (QED) is 0.709. The molecule has 0 atom stereocenters. The zero-order valence-corrected chi connectivity index (χ0v) is 7.44. The molecule has 0 aliphatic heterocycles. The van der Waals surface area contributed by atoms with Crippen LogP contribution in [0.1, 0.15) is 25.4 Å². The lowest BCUT2D eigenvalue weighted by Crippen LogP contribution is -2.16. The van der Waals surface area contributed by atoms with Gasteiger partial charge in [-0.05, 0) is 25.4 Å². The van der Waals surface area contributed by atoms with Crippen molar-refractivity contribution in [3.05, 3.63) is 16.8 Å². The molecule has 0 unspecified atom stereocenters. The van der Waals surface area contributed by atoms with Crippen LogP contribution in [0.5, 0.6) is 0 Å². The molecule has 0 saturated heterocycles. The van der Waals surface area contributed by atoms with E-state index in [-0.39, 0.29) is 5.22 Å². The van der Waals surface area contributed by atoms with Crippen LogP contribution < -0.4 is 0 Å². The molecule has 0 fully saturated rings. The van der Waals surface area contributed by atoms with Crippen LogP contribution >= 0.6 is 11.6 Å². The van der Waals surface area contributed by atoms with Crippen LogP contribution in [-0.4, -0.2) is 10.1 Å². The molecule has 1 N–H and O–H groups in total. The SMILES string of the molecule is Cc1nc(C(C)(C)O)c(Cl)o1. The number of halogens is 1. The minimum atomic E-state index is -1.03. The van der Waals surface area contributed by atoms with Crippen molar-refractivity contribution in [3.8, 4) is 0 Å². The third kappa shape index (κ3) is 1.73. The first kappa shape index (κ1) is 8.56. The van der Waals surface area contributed by atoms with Crippen LogP contribution in [0.3, 0.4) is 0 Å². The van der Waals surface area contributed by atoms with E-state index in [1.165, 1.54) is 0 Å². The molecule has 0 aliphatic rings. The van der Waals surface area contributed by atoms with Gasteiger partial charge in [-0.2, -0.15) is 0 Å². The second kappa shape index (κ2) is 2.50. The molecule has 0 aromatic carbocycles. The molecule has 62 valence electrons. The Morgan fingerprint density at radius 1 is 1.55 bits per heavy atom. The lowest BCUT2D eigenvalue weighted by molar-refractivity contribution is 0.0739. The van der Waals surface area contributed by atoms with Gasteiger partial charge in [0.15, 0.2) is 5.89 Å². The molecule has 1 heterocycles. The zero-order valence-electron chi connectivity index (χ0n) is 6.68. The summed E-state index contributed by atoms with van der Waals surface area (Å²) in [6.45, 7) is 4.90. The van der Waals surface area contributed by atoms with Gasteiger partial charge in [0.1, 0.15) is 11.3 Å². The van der Waals surface area contributed by atoms with Crippen molar-refractivity contribution in [2.75, 3.05) is 0 Å². The first-order valence-electron chi connectivity index (χ1n) is 3.27. The average Bonchev–Trinajstić information content (AvgIpc) is 2.08. The smallest absolute Gasteiger partial charge is 0.220 e. The monoisotopic (exact) mass is 175 g/mol. The summed E-state index contributed by atoms with van der Waals surface area (Å²) in [5, 5.41) is 9.64. The fourth-order valence-electron chi connectivity index (χ4n) is 0.780. The van der Waals surface area contributed by atoms with E-state index in [4.69, 9.17) is 16.0 Å². The highest BCUT2D eigenvalue weighted by Crippen LogP contribution is 2.27. The second-order valence-electron chi connectivity index (χ2n) is 2.91. The Morgan fingerprint density at radius 2 is 2.09 bits per heavy atom. The Kier molecular flexibility index (Phi) is 1.94. The van der Waals surface area contributed by atoms with Gasteiger partial charge in [0, 0.05) is 6.92 Å². The number of aryl methyl sites for hydroxylation is 1. The van der Waals surface area contributed by atoms with Crippen molar-refractivity contribution in [1.82, 2.24) is 4.98 Å². The predicted octanol–water partition coefficient (Wildman–Crippen LogP) is 1.86. The van der Waals surface area contributed by atoms with Gasteiger partial charge < -0.3 is 9.52 Å². The summed E-state index contributed by atoms with van der Waals surface area (Å²) < 4.78 is 4.94. The van der Waals surface area contributed by atoms with Crippen LogP contribution in [0.25, 0.3) is 0 Å². The van der Waals surface area contributed by atoms with Crippen molar-refractivity contribution in [2.24, 2.45) is 0 Å². The first-order valence-corrected chi connectivity index (χ1v) is 3.65. The molecular formula is C7H10ClNO2. The highest BCUT2D eigenvalue weighted by molar-refractivity contribution is 6.29. The number of rotatable bonds is 1. The van der Waals surface area contributed by atoms with Crippen LogP contribution in [0, 0.1) is 6.92 Å². The van der Waals surface area contributed by atoms with Crippen LogP contribution in [0.2, 0.25) is 5.22 Å². The third-order valence-corrected chi connectivity index (χ3v) is 1.53. The lowest BCUT2D eigenvalue weighted by atomic mass is 10.1. The summed E-state index contributed by atoms with van der Waals surface area (Å²) in [7, 11) is 0. The number of aromatic nitrogens is 1. The molecular weight excluding hydrogens is 166 g/mol. The van der Waals surface area contributed by atoms with Crippen molar-refractivity contribution >= 4 is 11.6 Å². The van der Waals surface area contributed by atoms with Crippen LogP contribution in [0.4, 0.5) is 0 Å². The van der Waals surface area contributed by atoms with Gasteiger partial charge in [0.2, 0.25) is 5.22 Å². The number of hydrogen-bond acceptors (Lipinski definition) is 3. The number of hydrogen-bond donors (Lipinski definition) is 1. The lowest BCUT2D eigenvalue weighted by Gasteiger charge is -2.12. The highest BCUT2D eigenvalue weighted by atomic mass is 35.5. The van der Waals surface area contributed by atoms with Gasteiger partial charge in [0.25, 0.3) is 0 Å². The van der Waals surface area contributed by atoms with E-state index in [0.717, 1.165) is 0 Å². The molecule has 0 saturated carbocycles. The Balaban J connectivity index is 3.13. The number of nitrogens with zero attached hydrogens (tertiary/aromatic N) is 1. The van der Waals surface area contributed by atoms with E-state index in [2.05, 4.69) is 4.98 Å². The molecule has 4 heteroatoms. The number of oxazole rings is 1. The maximum atomic E-state index is 9.48. The van der Waals surface area contributed by atoms with Gasteiger partial charge in [-0.15, -0.1) is 0 Å². The van der Waals surface area contributed by atoms with E-state index >= 15 is 0 Å². The van der Waals surface area contributed by atoms with Crippen LogP contribution in [0.15, 0.2) is 4.42 Å². The van der Waals surface area contributed by atoms with E-state index in [1.807, 2.05) is 0 Å². The van der Waals surface area contributed by atoms with Gasteiger partial charge in [-0.3, -0.25) is 0 Å². The average molecular weight is 176 g/mol. The third-order valence-electron chi connectivity index (χ3n) is 1.27. The van der Waals surface area contributed by atoms with E-state index in [9.17, 15) is 5.11 Å². The minimum Gasteiger partial charge on any atom is -0.429 e. The molecule has 1 rings (SSSR count). The Hall–Kier alpha value is -0.540. The maximum Gasteiger partial charge on any atom is 0.220 e. The van der Waals surface area contributed by atoms with Gasteiger partial charge in [-0.25, -0.2) is 4.98 Å². The summed E-state index contributed by atoms with van der Waals surface area (Å²) >= 11 is 5.64. The van der Waals surface area contributed by atoms with Gasteiger partial charge in [-0.1, -0.05) is 0 Å². The Morgan fingerprint density at radius 3 is 2.27 bits per heavy atom. The zero-order chi connectivity index (χ0) is 8.65. The Bertz CT molecular complexity index is 262. The molecule has 1 aromatic heterocycles. The summed E-state index contributed by atoms with van der Waals surface area (Å²) in [5.74, 6) is 0.465. The molecule has 3 nitrogen and oxygen atoms in total. The van der Waals surface area contributed by atoms with E-state index in [0.29, 0.717) is 11.6 Å². The fraction of sp³-hybridized carbons (Fsp3) is 0.571. The molecule has 0 bridgehead atoms. The maximum absolute atomic E-state index is 9.48. The molecule has 11 heavy (non-hydrogen) atoms. The van der Waals surface area contributed by atoms with E-state index < -0.39 is 5.60 Å². The molecule has 0 aliphatic carbocycles. The Labute approximate surface area is 70.0 Å². The predicted molar refractivity (Wildman–Crippen MR) is 41.5 cm³/mol. The topological polar surface area (TPSA) is 46.3 Å². The van der Waals surface area contributed by atoms with Gasteiger partial charge in [0.05, 0.1) is 0 Å². The normalized spacial score (nSPS) is 12.1. The van der Waals surface area contributed by atoms with Crippen molar-refractivity contribution in [3.63, 3.8) is 0 Å². The summed E-state index contributed by atoms with van der Waals surface area (Å²) in [5.41, 5.74) is -0.647. The highest BCUT2D eigenvalue weighted by Gasteiger charge is 2.24. The molecule has 0 radical (unpaired) electrons. The molecule has 0 amide bonds. The second-order valence-corrected chi connectivity index (χ2v) is 3.26. The van der Waals surface area contributed by atoms with E-state index in [1.54, 1.807) is 20.8 Å². The van der Waals surface area contributed by atoms with Crippen LogP contribution in [-0.2, 0) is 5.60 Å². The molecule has 0 spiro atoms. The van der Waals surface area contributed by atoms with Crippen molar-refractivity contribution in [1.29, 1.82) is 0 Å². The first-order chi connectivity index (χ1) is 4.91. The summed E-state index contributed by atoms with van der Waals surface area (Å²) in [4.78, 5) is 3.93. The standard InChI is InChI=1S/C7H10ClNO2/c1-4-9-5(6(8)11-4)7(2,3)10/h10H,1-3H3. The largest absolute Gasteiger partial charge is 0.429 e. The summed E-state index contributed by atoms with van der Waals surface area (Å²) in [6, 6.07) is 0. The molecule has 1 aromatic rings. The fourth-order valence-corrected chi connectivity index (χ4v) is 1.16.